The van der Waals surface area contributed by atoms with Gasteiger partial charge < -0.3 is 5.32 Å². The van der Waals surface area contributed by atoms with Gasteiger partial charge in [-0.1, -0.05) is 62.4 Å². The third-order valence-electron chi connectivity index (χ3n) is 3.25. The number of nitrogens with one attached hydrogen (secondary N) is 1. The first-order valence-corrected chi connectivity index (χ1v) is 7.07. The van der Waals surface area contributed by atoms with Crippen LogP contribution < -0.4 is 5.32 Å². The smallest absolute Gasteiger partial charge is 0.251 e. The van der Waals surface area contributed by atoms with Crippen LogP contribution in [0, 0.1) is 5.92 Å². The van der Waals surface area contributed by atoms with Crippen LogP contribution in [0.15, 0.2) is 60.7 Å². The van der Waals surface area contributed by atoms with E-state index in [4.69, 9.17) is 0 Å². The van der Waals surface area contributed by atoms with Gasteiger partial charge in [-0.05, 0) is 30.0 Å². The Bertz CT molecular complexity index is 534. The number of benzene rings is 2. The summed E-state index contributed by atoms with van der Waals surface area (Å²) in [5, 5.41) is 3.14. The standard InChI is InChI=1S/C18H21NO/c1-14(2)13-17(15-9-5-3-6-10-15)19-18(20)16-11-7-4-8-12-16/h3-12,14,17H,13H2,1-2H3,(H,19,20). The van der Waals surface area contributed by atoms with Crippen molar-refractivity contribution < 1.29 is 4.79 Å². The van der Waals surface area contributed by atoms with Crippen LogP contribution in [0.5, 0.6) is 0 Å². The van der Waals surface area contributed by atoms with E-state index in [0.717, 1.165) is 12.0 Å². The molecule has 1 atom stereocenters. The van der Waals surface area contributed by atoms with E-state index in [1.165, 1.54) is 0 Å². The quantitative estimate of drug-likeness (QED) is 0.864. The Labute approximate surface area is 120 Å². The zero-order valence-electron chi connectivity index (χ0n) is 12.0. The average Bonchev–Trinajstić information content (AvgIpc) is 2.48. The molecule has 20 heavy (non-hydrogen) atoms. The molecule has 2 rings (SSSR count). The molecule has 0 aliphatic carbocycles. The molecule has 2 aromatic carbocycles. The third-order valence-corrected chi connectivity index (χ3v) is 3.25. The summed E-state index contributed by atoms with van der Waals surface area (Å²) in [7, 11) is 0. The van der Waals surface area contributed by atoms with Crippen LogP contribution in [0.1, 0.15) is 42.2 Å². The van der Waals surface area contributed by atoms with Gasteiger partial charge in [-0.15, -0.1) is 0 Å². The highest BCUT2D eigenvalue weighted by Gasteiger charge is 2.16. The maximum Gasteiger partial charge on any atom is 0.251 e. The van der Waals surface area contributed by atoms with Crippen molar-refractivity contribution in [3.05, 3.63) is 71.8 Å². The maximum absolute atomic E-state index is 12.3. The summed E-state index contributed by atoms with van der Waals surface area (Å²) in [6, 6.07) is 19.6. The van der Waals surface area contributed by atoms with Crippen LogP contribution in [-0.2, 0) is 0 Å². The molecular formula is C18H21NO. The number of carbonyl (C=O) groups excluding carboxylic acids is 1. The van der Waals surface area contributed by atoms with Crippen LogP contribution >= 0.6 is 0 Å². The Morgan fingerprint density at radius 2 is 1.50 bits per heavy atom. The van der Waals surface area contributed by atoms with Crippen LogP contribution in [-0.4, -0.2) is 5.91 Å². The van der Waals surface area contributed by atoms with E-state index < -0.39 is 0 Å². The minimum absolute atomic E-state index is 0.0138. The second-order valence-electron chi connectivity index (χ2n) is 5.43. The molecule has 0 heterocycles. The number of hydrogen-bond donors (Lipinski definition) is 1. The lowest BCUT2D eigenvalue weighted by Crippen LogP contribution is -2.29. The summed E-state index contributed by atoms with van der Waals surface area (Å²) in [5.74, 6) is 0.511. The predicted octanol–water partition coefficient (Wildman–Crippen LogP) is 4.20. The van der Waals surface area contributed by atoms with Crippen molar-refractivity contribution in [2.75, 3.05) is 0 Å². The van der Waals surface area contributed by atoms with Gasteiger partial charge >= 0.3 is 0 Å². The molecular weight excluding hydrogens is 246 g/mol. The number of rotatable bonds is 5. The van der Waals surface area contributed by atoms with Crippen molar-refractivity contribution in [1.82, 2.24) is 5.32 Å². The van der Waals surface area contributed by atoms with Gasteiger partial charge in [0.05, 0.1) is 6.04 Å². The lowest BCUT2D eigenvalue weighted by atomic mass is 9.96. The van der Waals surface area contributed by atoms with Crippen molar-refractivity contribution in [3.8, 4) is 0 Å². The summed E-state index contributed by atoms with van der Waals surface area (Å²) in [6.07, 6.45) is 0.933. The van der Waals surface area contributed by atoms with E-state index in [2.05, 4.69) is 31.3 Å². The van der Waals surface area contributed by atoms with Crippen LogP contribution in [0.2, 0.25) is 0 Å². The van der Waals surface area contributed by atoms with Crippen LogP contribution in [0.4, 0.5) is 0 Å². The van der Waals surface area contributed by atoms with E-state index in [-0.39, 0.29) is 11.9 Å². The predicted molar refractivity (Wildman–Crippen MR) is 82.5 cm³/mol. The molecule has 0 fully saturated rings. The molecule has 0 bridgehead atoms. The summed E-state index contributed by atoms with van der Waals surface area (Å²) in [4.78, 5) is 12.3. The molecule has 0 saturated heterocycles. The molecule has 0 aliphatic heterocycles. The van der Waals surface area contributed by atoms with Gasteiger partial charge in [-0.2, -0.15) is 0 Å². The van der Waals surface area contributed by atoms with Gasteiger partial charge in [-0.25, -0.2) is 0 Å². The molecule has 0 spiro atoms. The molecule has 0 saturated carbocycles. The Morgan fingerprint density at radius 1 is 0.950 bits per heavy atom. The molecule has 0 aliphatic rings. The lowest BCUT2D eigenvalue weighted by Gasteiger charge is -2.21. The Morgan fingerprint density at radius 3 is 2.05 bits per heavy atom. The van der Waals surface area contributed by atoms with E-state index in [9.17, 15) is 4.79 Å². The summed E-state index contributed by atoms with van der Waals surface area (Å²) in [5.41, 5.74) is 1.86. The van der Waals surface area contributed by atoms with Gasteiger partial charge in [-0.3, -0.25) is 4.79 Å². The van der Waals surface area contributed by atoms with Crippen LogP contribution in [0.25, 0.3) is 0 Å². The molecule has 2 nitrogen and oxygen atoms in total. The Kier molecular flexibility index (Phi) is 4.94. The summed E-state index contributed by atoms with van der Waals surface area (Å²) in [6.45, 7) is 4.34. The number of carbonyl (C=O) groups is 1. The van der Waals surface area contributed by atoms with Gasteiger partial charge in [0.25, 0.3) is 5.91 Å². The normalized spacial score (nSPS) is 12.2. The van der Waals surface area contributed by atoms with E-state index >= 15 is 0 Å². The lowest BCUT2D eigenvalue weighted by molar-refractivity contribution is 0.0932. The fraction of sp³-hybridized carbons (Fsp3) is 0.278. The first kappa shape index (κ1) is 14.3. The zero-order chi connectivity index (χ0) is 14.4. The first-order valence-electron chi connectivity index (χ1n) is 7.07. The third kappa shape index (κ3) is 3.95. The maximum atomic E-state index is 12.3. The van der Waals surface area contributed by atoms with Crippen LogP contribution in [0.3, 0.4) is 0 Å². The second kappa shape index (κ2) is 6.90. The fourth-order valence-corrected chi connectivity index (χ4v) is 2.27. The average molecular weight is 267 g/mol. The summed E-state index contributed by atoms with van der Waals surface area (Å²) >= 11 is 0. The fourth-order valence-electron chi connectivity index (χ4n) is 2.27. The number of hydrogen-bond acceptors (Lipinski definition) is 1. The second-order valence-corrected chi connectivity index (χ2v) is 5.43. The van der Waals surface area contributed by atoms with Crippen molar-refractivity contribution in [2.24, 2.45) is 5.92 Å². The molecule has 1 N–H and O–H groups in total. The van der Waals surface area contributed by atoms with E-state index in [0.29, 0.717) is 11.5 Å². The van der Waals surface area contributed by atoms with Gasteiger partial charge in [0.1, 0.15) is 0 Å². The van der Waals surface area contributed by atoms with Crippen molar-refractivity contribution in [3.63, 3.8) is 0 Å². The minimum atomic E-state index is -0.0138. The molecule has 104 valence electrons. The minimum Gasteiger partial charge on any atom is -0.345 e. The van der Waals surface area contributed by atoms with Crippen molar-refractivity contribution >= 4 is 5.91 Å². The largest absolute Gasteiger partial charge is 0.345 e. The Hall–Kier alpha value is -2.09. The SMILES string of the molecule is CC(C)CC(NC(=O)c1ccccc1)c1ccccc1. The van der Waals surface area contributed by atoms with Gasteiger partial charge in [0.15, 0.2) is 0 Å². The van der Waals surface area contributed by atoms with Gasteiger partial charge in [0.2, 0.25) is 0 Å². The molecule has 1 unspecified atom stereocenters. The topological polar surface area (TPSA) is 29.1 Å². The Balaban J connectivity index is 2.14. The monoisotopic (exact) mass is 267 g/mol. The highest BCUT2D eigenvalue weighted by molar-refractivity contribution is 5.94. The first-order chi connectivity index (χ1) is 9.66. The molecule has 1 amide bonds. The van der Waals surface area contributed by atoms with E-state index in [1.807, 2.05) is 48.5 Å². The van der Waals surface area contributed by atoms with E-state index in [1.54, 1.807) is 0 Å². The van der Waals surface area contributed by atoms with Crippen molar-refractivity contribution in [2.45, 2.75) is 26.3 Å². The number of amides is 1. The highest BCUT2D eigenvalue weighted by Crippen LogP contribution is 2.21. The highest BCUT2D eigenvalue weighted by atomic mass is 16.1. The summed E-state index contributed by atoms with van der Waals surface area (Å²) < 4.78 is 0. The van der Waals surface area contributed by atoms with Crippen molar-refractivity contribution in [1.29, 1.82) is 0 Å². The molecule has 2 aromatic rings. The zero-order valence-corrected chi connectivity index (χ0v) is 12.0. The van der Waals surface area contributed by atoms with Gasteiger partial charge in [0, 0.05) is 5.56 Å². The molecule has 2 heteroatoms. The molecule has 0 aromatic heterocycles. The molecule has 0 radical (unpaired) electrons.